The maximum atomic E-state index is 12.8. The number of aldehydes is 1. The van der Waals surface area contributed by atoms with Crippen LogP contribution in [0.5, 0.6) is 0 Å². The van der Waals surface area contributed by atoms with Crippen molar-refractivity contribution in [1.82, 2.24) is 5.32 Å². The number of amides is 1. The number of fused-ring (bicyclic) bond motifs is 1. The zero-order valence-electron chi connectivity index (χ0n) is 16.1. The van der Waals surface area contributed by atoms with E-state index in [1.165, 1.54) is 24.3 Å². The van der Waals surface area contributed by atoms with Gasteiger partial charge in [-0.2, -0.15) is 0 Å². The van der Waals surface area contributed by atoms with Crippen LogP contribution in [0, 0.1) is 6.92 Å². The van der Waals surface area contributed by atoms with Gasteiger partial charge in [0.2, 0.25) is 0 Å². The van der Waals surface area contributed by atoms with Gasteiger partial charge in [0.05, 0.1) is 11.1 Å². The molecule has 0 fully saturated rings. The normalized spacial score (nSPS) is 10.6. The molecule has 3 aromatic carbocycles. The Morgan fingerprint density at radius 1 is 0.900 bits per heavy atom. The third-order valence-electron chi connectivity index (χ3n) is 4.81. The van der Waals surface area contributed by atoms with Gasteiger partial charge in [-0.15, -0.1) is 0 Å². The Morgan fingerprint density at radius 3 is 2.17 bits per heavy atom. The predicted octanol–water partition coefficient (Wildman–Crippen LogP) is 3.33. The van der Waals surface area contributed by atoms with E-state index in [2.05, 4.69) is 5.32 Å². The molecular formula is C23H19NO6. The van der Waals surface area contributed by atoms with Crippen LogP contribution >= 0.6 is 0 Å². The summed E-state index contributed by atoms with van der Waals surface area (Å²) in [6.07, 6.45) is 1.02. The van der Waals surface area contributed by atoms with Crippen LogP contribution in [0.25, 0.3) is 10.8 Å². The summed E-state index contributed by atoms with van der Waals surface area (Å²) in [5.41, 5.74) is 1.65. The molecule has 152 valence electrons. The van der Waals surface area contributed by atoms with Crippen molar-refractivity contribution in [3.8, 4) is 0 Å². The molecule has 0 saturated carbocycles. The highest BCUT2D eigenvalue weighted by Crippen LogP contribution is 2.29. The van der Waals surface area contributed by atoms with E-state index in [1.807, 2.05) is 31.2 Å². The van der Waals surface area contributed by atoms with E-state index in [4.69, 9.17) is 0 Å². The minimum Gasteiger partial charge on any atom is -0.478 e. The van der Waals surface area contributed by atoms with E-state index in [0.29, 0.717) is 19.3 Å². The number of carboxylic acid groups (broad SMARTS) is 2. The van der Waals surface area contributed by atoms with Gasteiger partial charge in [-0.05, 0) is 37.1 Å². The summed E-state index contributed by atoms with van der Waals surface area (Å²) >= 11 is 0. The fraction of sp³-hybridized carbons (Fsp3) is 0.130. The van der Waals surface area contributed by atoms with Crippen molar-refractivity contribution < 1.29 is 29.4 Å². The summed E-state index contributed by atoms with van der Waals surface area (Å²) < 4.78 is 0. The van der Waals surface area contributed by atoms with Gasteiger partial charge in [0.15, 0.2) is 6.29 Å². The first-order chi connectivity index (χ1) is 14.3. The van der Waals surface area contributed by atoms with Crippen LogP contribution in [0.2, 0.25) is 0 Å². The Bertz CT molecular complexity index is 1180. The van der Waals surface area contributed by atoms with Crippen molar-refractivity contribution >= 4 is 34.9 Å². The summed E-state index contributed by atoms with van der Waals surface area (Å²) in [5, 5.41) is 21.7. The molecule has 0 aliphatic heterocycles. The highest BCUT2D eigenvalue weighted by molar-refractivity contribution is 6.21. The number of carbonyl (C=O) groups excluding carboxylic acids is 2. The standard InChI is InChI=1S/C23H19NO6/c1-13-3-2-4-14(11-13)9-10-24-21(26)16-7-8-17(22(27)28)19-15(12-25)5-6-18(20(16)19)23(29)30/h2-8,11-12H,9-10H2,1H3,(H,24,26)(H,27,28)(H,29,30). The van der Waals surface area contributed by atoms with Gasteiger partial charge in [-0.25, -0.2) is 9.59 Å². The molecule has 30 heavy (non-hydrogen) atoms. The monoisotopic (exact) mass is 405 g/mol. The third-order valence-corrected chi connectivity index (χ3v) is 4.81. The molecule has 1 amide bonds. The molecule has 0 radical (unpaired) electrons. The average Bonchev–Trinajstić information content (AvgIpc) is 2.71. The number of hydrogen-bond donors (Lipinski definition) is 3. The molecule has 7 nitrogen and oxygen atoms in total. The fourth-order valence-electron chi connectivity index (χ4n) is 3.45. The summed E-state index contributed by atoms with van der Waals surface area (Å²) in [4.78, 5) is 47.7. The van der Waals surface area contributed by atoms with Gasteiger partial charge in [-0.1, -0.05) is 35.9 Å². The van der Waals surface area contributed by atoms with Gasteiger partial charge in [0, 0.05) is 28.4 Å². The van der Waals surface area contributed by atoms with Crippen LogP contribution in [-0.4, -0.2) is 40.9 Å². The summed E-state index contributed by atoms with van der Waals surface area (Å²) in [7, 11) is 0. The first kappa shape index (κ1) is 20.7. The van der Waals surface area contributed by atoms with Crippen molar-refractivity contribution in [1.29, 1.82) is 0 Å². The molecule has 3 N–H and O–H groups in total. The lowest BCUT2D eigenvalue weighted by Crippen LogP contribution is -2.26. The topological polar surface area (TPSA) is 121 Å². The predicted molar refractivity (Wildman–Crippen MR) is 110 cm³/mol. The fourth-order valence-corrected chi connectivity index (χ4v) is 3.45. The number of carbonyl (C=O) groups is 4. The highest BCUT2D eigenvalue weighted by Gasteiger charge is 2.23. The second kappa shape index (κ2) is 8.57. The second-order valence-electron chi connectivity index (χ2n) is 6.84. The van der Waals surface area contributed by atoms with E-state index < -0.39 is 17.8 Å². The van der Waals surface area contributed by atoms with Crippen LogP contribution < -0.4 is 5.32 Å². The van der Waals surface area contributed by atoms with Crippen molar-refractivity contribution in [3.05, 3.63) is 81.9 Å². The van der Waals surface area contributed by atoms with Crippen LogP contribution in [0.15, 0.2) is 48.5 Å². The number of hydrogen-bond acceptors (Lipinski definition) is 4. The number of carboxylic acids is 2. The molecule has 0 heterocycles. The average molecular weight is 405 g/mol. The Balaban J connectivity index is 2.03. The third kappa shape index (κ3) is 4.05. The zero-order chi connectivity index (χ0) is 21.8. The van der Waals surface area contributed by atoms with E-state index in [-0.39, 0.29) is 33.0 Å². The first-order valence-electron chi connectivity index (χ1n) is 9.18. The quantitative estimate of drug-likeness (QED) is 0.519. The number of rotatable bonds is 7. The molecule has 0 unspecified atom stereocenters. The lowest BCUT2D eigenvalue weighted by atomic mass is 9.91. The van der Waals surface area contributed by atoms with Gasteiger partial charge in [0.25, 0.3) is 5.91 Å². The van der Waals surface area contributed by atoms with Gasteiger partial charge < -0.3 is 15.5 Å². The number of aromatic carboxylic acids is 2. The van der Waals surface area contributed by atoms with E-state index in [0.717, 1.165) is 11.1 Å². The molecule has 0 aliphatic rings. The number of nitrogens with one attached hydrogen (secondary N) is 1. The first-order valence-corrected chi connectivity index (χ1v) is 9.18. The molecule has 0 atom stereocenters. The van der Waals surface area contributed by atoms with Crippen LogP contribution in [0.3, 0.4) is 0 Å². The van der Waals surface area contributed by atoms with Crippen molar-refractivity contribution in [3.63, 3.8) is 0 Å². The zero-order valence-corrected chi connectivity index (χ0v) is 16.1. The molecular weight excluding hydrogens is 386 g/mol. The van der Waals surface area contributed by atoms with Gasteiger partial charge in [0.1, 0.15) is 0 Å². The Labute approximate surface area is 172 Å². The maximum absolute atomic E-state index is 12.8. The summed E-state index contributed by atoms with van der Waals surface area (Å²) in [6.45, 7) is 2.27. The minimum absolute atomic E-state index is 0.000317. The lowest BCUT2D eigenvalue weighted by Gasteiger charge is -2.14. The molecule has 0 aliphatic carbocycles. The second-order valence-corrected chi connectivity index (χ2v) is 6.84. The Morgan fingerprint density at radius 2 is 1.53 bits per heavy atom. The van der Waals surface area contributed by atoms with Gasteiger partial charge in [-0.3, -0.25) is 9.59 Å². The number of aryl methyl sites for hydroxylation is 1. The Hall–Kier alpha value is -4.00. The van der Waals surface area contributed by atoms with Crippen molar-refractivity contribution in [2.75, 3.05) is 6.54 Å². The molecule has 3 aromatic rings. The molecule has 7 heteroatoms. The van der Waals surface area contributed by atoms with Crippen LogP contribution in [-0.2, 0) is 6.42 Å². The van der Waals surface area contributed by atoms with Gasteiger partial charge >= 0.3 is 11.9 Å². The number of benzene rings is 3. The van der Waals surface area contributed by atoms with Crippen molar-refractivity contribution in [2.45, 2.75) is 13.3 Å². The lowest BCUT2D eigenvalue weighted by molar-refractivity contribution is 0.0686. The van der Waals surface area contributed by atoms with E-state index in [9.17, 15) is 29.4 Å². The van der Waals surface area contributed by atoms with Crippen LogP contribution in [0.1, 0.15) is 52.6 Å². The molecule has 0 spiro atoms. The smallest absolute Gasteiger partial charge is 0.336 e. The SMILES string of the molecule is Cc1cccc(CCNC(=O)c2ccc(C(=O)O)c3c(C=O)ccc(C(=O)O)c23)c1. The highest BCUT2D eigenvalue weighted by atomic mass is 16.4. The molecule has 0 bridgehead atoms. The van der Waals surface area contributed by atoms with E-state index in [1.54, 1.807) is 0 Å². The van der Waals surface area contributed by atoms with Crippen molar-refractivity contribution in [2.24, 2.45) is 0 Å². The summed E-state index contributed by atoms with van der Waals surface area (Å²) in [6, 6.07) is 12.7. The maximum Gasteiger partial charge on any atom is 0.336 e. The van der Waals surface area contributed by atoms with E-state index >= 15 is 0 Å². The largest absolute Gasteiger partial charge is 0.478 e. The molecule has 0 saturated heterocycles. The molecule has 0 aromatic heterocycles. The minimum atomic E-state index is -1.33. The Kier molecular flexibility index (Phi) is 5.92. The van der Waals surface area contributed by atoms with Crippen LogP contribution in [0.4, 0.5) is 0 Å². The molecule has 3 rings (SSSR count). The summed E-state index contributed by atoms with van der Waals surface area (Å²) in [5.74, 6) is -3.19.